The van der Waals surface area contributed by atoms with Crippen LogP contribution in [0.25, 0.3) is 0 Å². The van der Waals surface area contributed by atoms with Crippen LogP contribution in [0.2, 0.25) is 5.02 Å². The van der Waals surface area contributed by atoms with Gasteiger partial charge < -0.3 is 10.5 Å². The van der Waals surface area contributed by atoms with Crippen molar-refractivity contribution < 1.29 is 9.13 Å². The number of rotatable bonds is 4. The van der Waals surface area contributed by atoms with E-state index < -0.39 is 5.82 Å². The van der Waals surface area contributed by atoms with Gasteiger partial charge in [-0.3, -0.25) is 4.98 Å². The van der Waals surface area contributed by atoms with Crippen LogP contribution in [0, 0.1) is 5.82 Å². The third-order valence-corrected chi connectivity index (χ3v) is 3.24. The highest BCUT2D eigenvalue weighted by atomic mass is 35.5. The maximum Gasteiger partial charge on any atom is 0.165 e. The lowest BCUT2D eigenvalue weighted by molar-refractivity contribution is 0.385. The molecule has 0 saturated heterocycles. The molecule has 19 heavy (non-hydrogen) atoms. The Balaban J connectivity index is 2.20. The predicted molar refractivity (Wildman–Crippen MR) is 72.8 cm³/mol. The average Bonchev–Trinajstić information content (AvgIpc) is 2.42. The number of hydrogen-bond donors (Lipinski definition) is 1. The van der Waals surface area contributed by atoms with Crippen molar-refractivity contribution in [1.29, 1.82) is 0 Å². The molecule has 0 amide bonds. The van der Waals surface area contributed by atoms with E-state index in [0.29, 0.717) is 11.4 Å². The lowest BCUT2D eigenvalue weighted by Gasteiger charge is -2.14. The molecule has 100 valence electrons. The molecule has 0 aliphatic heterocycles. The van der Waals surface area contributed by atoms with Crippen LogP contribution in [0.5, 0.6) is 5.75 Å². The zero-order chi connectivity index (χ0) is 13.8. The maximum absolute atomic E-state index is 13.3. The van der Waals surface area contributed by atoms with E-state index in [1.807, 2.05) is 6.07 Å². The second-order valence-corrected chi connectivity index (χ2v) is 4.58. The van der Waals surface area contributed by atoms with Crippen molar-refractivity contribution >= 4 is 11.6 Å². The van der Waals surface area contributed by atoms with Gasteiger partial charge in [-0.25, -0.2) is 4.39 Å². The summed E-state index contributed by atoms with van der Waals surface area (Å²) in [5.74, 6) is -0.214. The molecule has 0 spiro atoms. The van der Waals surface area contributed by atoms with Crippen LogP contribution in [0.4, 0.5) is 4.39 Å². The van der Waals surface area contributed by atoms with Gasteiger partial charge in [-0.1, -0.05) is 17.7 Å². The van der Waals surface area contributed by atoms with Crippen LogP contribution in [-0.4, -0.2) is 12.1 Å². The zero-order valence-corrected chi connectivity index (χ0v) is 11.2. The number of halogens is 2. The van der Waals surface area contributed by atoms with Crippen molar-refractivity contribution in [3.63, 3.8) is 0 Å². The van der Waals surface area contributed by atoms with Crippen LogP contribution in [0.15, 0.2) is 36.7 Å². The third kappa shape index (κ3) is 3.22. The van der Waals surface area contributed by atoms with E-state index in [9.17, 15) is 4.39 Å². The highest BCUT2D eigenvalue weighted by Crippen LogP contribution is 2.25. The minimum absolute atomic E-state index is 0.189. The molecule has 0 aliphatic carbocycles. The SMILES string of the molecule is COc1cc(C(N)Cc2ccncc2Cl)ccc1F. The van der Waals surface area contributed by atoms with Crippen LogP contribution in [0.1, 0.15) is 17.2 Å². The summed E-state index contributed by atoms with van der Waals surface area (Å²) >= 11 is 6.04. The Labute approximate surface area is 116 Å². The van der Waals surface area contributed by atoms with E-state index in [0.717, 1.165) is 11.1 Å². The number of nitrogens with two attached hydrogens (primary N) is 1. The summed E-state index contributed by atoms with van der Waals surface area (Å²) in [5, 5.41) is 0.576. The van der Waals surface area contributed by atoms with E-state index in [2.05, 4.69) is 4.98 Å². The second kappa shape index (κ2) is 5.99. The Morgan fingerprint density at radius 2 is 2.21 bits per heavy atom. The van der Waals surface area contributed by atoms with Crippen molar-refractivity contribution in [2.24, 2.45) is 5.73 Å². The number of hydrogen-bond acceptors (Lipinski definition) is 3. The van der Waals surface area contributed by atoms with Crippen LogP contribution < -0.4 is 10.5 Å². The van der Waals surface area contributed by atoms with Gasteiger partial charge in [0.05, 0.1) is 12.1 Å². The van der Waals surface area contributed by atoms with Crippen LogP contribution >= 0.6 is 11.6 Å². The number of methoxy groups -OCH3 is 1. The molecule has 0 saturated carbocycles. The first-order chi connectivity index (χ1) is 9.11. The molecule has 1 unspecified atom stereocenters. The second-order valence-electron chi connectivity index (χ2n) is 4.17. The minimum atomic E-state index is -0.402. The first-order valence-electron chi connectivity index (χ1n) is 5.79. The molecular formula is C14H14ClFN2O. The summed E-state index contributed by atoms with van der Waals surface area (Å²) in [6.45, 7) is 0. The van der Waals surface area contributed by atoms with Crippen molar-refractivity contribution in [2.45, 2.75) is 12.5 Å². The van der Waals surface area contributed by atoms with Gasteiger partial charge in [0.2, 0.25) is 0 Å². The summed E-state index contributed by atoms with van der Waals surface area (Å²) < 4.78 is 18.3. The lowest BCUT2D eigenvalue weighted by atomic mass is 10.00. The fourth-order valence-electron chi connectivity index (χ4n) is 1.83. The summed E-state index contributed by atoms with van der Waals surface area (Å²) in [6, 6.07) is 6.15. The van der Waals surface area contributed by atoms with E-state index in [1.54, 1.807) is 24.5 Å². The highest BCUT2D eigenvalue weighted by molar-refractivity contribution is 6.31. The molecule has 0 radical (unpaired) electrons. The molecule has 3 nitrogen and oxygen atoms in total. The molecule has 1 aromatic carbocycles. The van der Waals surface area contributed by atoms with Gasteiger partial charge in [0.15, 0.2) is 11.6 Å². The van der Waals surface area contributed by atoms with Crippen molar-refractivity contribution in [3.8, 4) is 5.75 Å². The van der Waals surface area contributed by atoms with Crippen molar-refractivity contribution in [2.75, 3.05) is 7.11 Å². The van der Waals surface area contributed by atoms with Crippen molar-refractivity contribution in [3.05, 3.63) is 58.6 Å². The van der Waals surface area contributed by atoms with Gasteiger partial charge in [-0.05, 0) is 35.7 Å². The number of benzene rings is 1. The fourth-order valence-corrected chi connectivity index (χ4v) is 2.03. The van der Waals surface area contributed by atoms with E-state index in [1.165, 1.54) is 13.2 Å². The summed E-state index contributed by atoms with van der Waals surface area (Å²) in [7, 11) is 1.42. The fraction of sp³-hybridized carbons (Fsp3) is 0.214. The molecule has 2 rings (SSSR count). The minimum Gasteiger partial charge on any atom is -0.494 e. The molecule has 1 aromatic heterocycles. The Morgan fingerprint density at radius 3 is 2.89 bits per heavy atom. The highest BCUT2D eigenvalue weighted by Gasteiger charge is 2.12. The van der Waals surface area contributed by atoms with E-state index >= 15 is 0 Å². The number of nitrogens with zero attached hydrogens (tertiary/aromatic N) is 1. The lowest BCUT2D eigenvalue weighted by Crippen LogP contribution is -2.14. The third-order valence-electron chi connectivity index (χ3n) is 2.90. The van der Waals surface area contributed by atoms with Crippen molar-refractivity contribution in [1.82, 2.24) is 4.98 Å². The molecule has 0 bridgehead atoms. The standard InChI is InChI=1S/C14H14ClFN2O/c1-19-14-7-10(2-3-12(14)16)13(17)6-9-4-5-18-8-11(9)15/h2-5,7-8,13H,6,17H2,1H3. The van der Waals surface area contributed by atoms with Gasteiger partial charge in [-0.2, -0.15) is 0 Å². The molecule has 1 heterocycles. The van der Waals surface area contributed by atoms with E-state index in [-0.39, 0.29) is 11.8 Å². The largest absolute Gasteiger partial charge is 0.494 e. The summed E-state index contributed by atoms with van der Waals surface area (Å²) in [4.78, 5) is 3.92. The van der Waals surface area contributed by atoms with Gasteiger partial charge in [0, 0.05) is 18.4 Å². The van der Waals surface area contributed by atoms with Gasteiger partial charge in [0.25, 0.3) is 0 Å². The zero-order valence-electron chi connectivity index (χ0n) is 10.4. The van der Waals surface area contributed by atoms with Crippen LogP contribution in [0.3, 0.4) is 0 Å². The monoisotopic (exact) mass is 280 g/mol. The quantitative estimate of drug-likeness (QED) is 0.936. The average molecular weight is 281 g/mol. The normalized spacial score (nSPS) is 12.2. The Hall–Kier alpha value is -1.65. The number of aromatic nitrogens is 1. The molecule has 2 aromatic rings. The smallest absolute Gasteiger partial charge is 0.165 e. The van der Waals surface area contributed by atoms with Gasteiger partial charge in [0.1, 0.15) is 0 Å². The molecule has 2 N–H and O–H groups in total. The molecular weight excluding hydrogens is 267 g/mol. The summed E-state index contributed by atoms with van der Waals surface area (Å²) in [5.41, 5.74) is 7.82. The van der Waals surface area contributed by atoms with Gasteiger partial charge in [-0.15, -0.1) is 0 Å². The Bertz CT molecular complexity index is 577. The molecule has 5 heteroatoms. The summed E-state index contributed by atoms with van der Waals surface area (Å²) in [6.07, 6.45) is 3.80. The first kappa shape index (κ1) is 13.8. The number of ether oxygens (including phenoxy) is 1. The Morgan fingerprint density at radius 1 is 1.42 bits per heavy atom. The Kier molecular flexibility index (Phi) is 4.35. The van der Waals surface area contributed by atoms with Gasteiger partial charge >= 0.3 is 0 Å². The number of pyridine rings is 1. The molecule has 0 fully saturated rings. The molecule has 1 atom stereocenters. The van der Waals surface area contributed by atoms with Crippen LogP contribution in [-0.2, 0) is 6.42 Å². The molecule has 0 aliphatic rings. The predicted octanol–water partition coefficient (Wildman–Crippen LogP) is 3.13. The first-order valence-corrected chi connectivity index (χ1v) is 6.17. The topological polar surface area (TPSA) is 48.1 Å². The van der Waals surface area contributed by atoms with E-state index in [4.69, 9.17) is 22.1 Å². The maximum atomic E-state index is 13.3.